The van der Waals surface area contributed by atoms with Crippen LogP contribution in [0.3, 0.4) is 0 Å². The normalized spacial score (nSPS) is 12.4. The molecule has 0 aromatic rings. The minimum Gasteiger partial charge on any atom is -0.462 e. The van der Waals surface area contributed by atoms with Gasteiger partial charge in [-0.3, -0.25) is 14.4 Å². The molecule has 6 heteroatoms. The van der Waals surface area contributed by atoms with Crippen molar-refractivity contribution in [3.8, 4) is 0 Å². The van der Waals surface area contributed by atoms with Crippen LogP contribution >= 0.6 is 0 Å². The van der Waals surface area contributed by atoms with Gasteiger partial charge in [-0.1, -0.05) is 223 Å². The summed E-state index contributed by atoms with van der Waals surface area (Å²) < 4.78 is 16.8. The highest BCUT2D eigenvalue weighted by atomic mass is 16.6. The highest BCUT2D eigenvalue weighted by Crippen LogP contribution is 2.15. The number of esters is 3. The van der Waals surface area contributed by atoms with E-state index in [0.717, 1.165) is 89.9 Å². The van der Waals surface area contributed by atoms with Crippen molar-refractivity contribution >= 4 is 17.9 Å². The molecule has 0 aromatic heterocycles. The minimum atomic E-state index is -0.778. The van der Waals surface area contributed by atoms with E-state index in [1.165, 1.54) is 148 Å². The minimum absolute atomic E-state index is 0.0786. The van der Waals surface area contributed by atoms with E-state index in [0.29, 0.717) is 19.3 Å². The van der Waals surface area contributed by atoms with Crippen LogP contribution in [-0.4, -0.2) is 37.2 Å². The number of hydrogen-bond acceptors (Lipinski definition) is 6. The summed E-state index contributed by atoms with van der Waals surface area (Å²) in [5.41, 5.74) is 0. The third-order valence-electron chi connectivity index (χ3n) is 11.8. The topological polar surface area (TPSA) is 78.9 Å². The molecule has 1 atom stereocenters. The Bertz CT molecular complexity index is 1110. The Balaban J connectivity index is 4.26. The fourth-order valence-electron chi connectivity index (χ4n) is 7.68. The summed E-state index contributed by atoms with van der Waals surface area (Å²) in [4.78, 5) is 37.9. The maximum absolute atomic E-state index is 12.8. The quantitative estimate of drug-likeness (QED) is 0.0262. The molecule has 0 saturated carbocycles. The smallest absolute Gasteiger partial charge is 0.306 e. The summed E-state index contributed by atoms with van der Waals surface area (Å²) in [5, 5.41) is 0. The van der Waals surface area contributed by atoms with Gasteiger partial charge in [-0.2, -0.15) is 0 Å². The average molecular weight is 883 g/mol. The molecule has 0 N–H and O–H groups in total. The van der Waals surface area contributed by atoms with Crippen molar-refractivity contribution in [2.75, 3.05) is 13.2 Å². The first-order valence-corrected chi connectivity index (χ1v) is 27.1. The molecule has 0 aliphatic heterocycles. The maximum Gasteiger partial charge on any atom is 0.306 e. The summed E-state index contributed by atoms with van der Waals surface area (Å²) in [5.74, 6) is -0.893. The number of rotatable bonds is 49. The van der Waals surface area contributed by atoms with Gasteiger partial charge in [-0.25, -0.2) is 0 Å². The van der Waals surface area contributed by atoms with Crippen LogP contribution in [0.2, 0.25) is 0 Å². The Kier molecular flexibility index (Phi) is 49.8. The summed E-state index contributed by atoms with van der Waals surface area (Å²) >= 11 is 0. The van der Waals surface area contributed by atoms with Crippen LogP contribution in [0.25, 0.3) is 0 Å². The van der Waals surface area contributed by atoms with Crippen LogP contribution < -0.4 is 0 Å². The van der Waals surface area contributed by atoms with Crippen molar-refractivity contribution in [1.29, 1.82) is 0 Å². The van der Waals surface area contributed by atoms with Crippen molar-refractivity contribution in [2.45, 2.75) is 284 Å². The summed E-state index contributed by atoms with van der Waals surface area (Å²) in [7, 11) is 0. The number of allylic oxidation sites excluding steroid dienone is 8. The van der Waals surface area contributed by atoms with Gasteiger partial charge >= 0.3 is 17.9 Å². The van der Waals surface area contributed by atoms with Gasteiger partial charge in [0, 0.05) is 19.3 Å². The Morgan fingerprint density at radius 1 is 0.317 bits per heavy atom. The molecule has 0 amide bonds. The Morgan fingerprint density at radius 3 is 0.889 bits per heavy atom. The van der Waals surface area contributed by atoms with Gasteiger partial charge in [-0.05, 0) is 83.5 Å². The second-order valence-electron chi connectivity index (χ2n) is 18.1. The Hall–Kier alpha value is -2.63. The molecule has 0 aliphatic rings. The van der Waals surface area contributed by atoms with Gasteiger partial charge in [0.2, 0.25) is 0 Å². The predicted octanol–water partition coefficient (Wildman–Crippen LogP) is 17.9. The number of carbonyl (C=O) groups excluding carboxylic acids is 3. The van der Waals surface area contributed by atoms with Crippen molar-refractivity contribution < 1.29 is 28.6 Å². The molecule has 0 aromatic carbocycles. The standard InChI is InChI=1S/C57H102O6/c1-4-7-10-13-16-19-21-23-25-27-28-29-30-31-33-34-36-38-41-44-47-50-56(59)62-53-54(52-61-55(58)49-46-43-40-18-15-12-9-6-3)63-57(60)51-48-45-42-39-37-35-32-26-24-22-20-17-14-11-8-5-2/h20-23,26-28,32,54H,4-19,24-25,29-31,33-53H2,1-3H3/b22-20-,23-21-,28-27-,32-26-. The van der Waals surface area contributed by atoms with Crippen molar-refractivity contribution in [2.24, 2.45) is 0 Å². The molecule has 0 fully saturated rings. The van der Waals surface area contributed by atoms with Gasteiger partial charge in [0.1, 0.15) is 13.2 Å². The monoisotopic (exact) mass is 883 g/mol. The zero-order valence-electron chi connectivity index (χ0n) is 41.8. The fraction of sp³-hybridized carbons (Fsp3) is 0.807. The highest BCUT2D eigenvalue weighted by Gasteiger charge is 2.19. The average Bonchev–Trinajstić information content (AvgIpc) is 3.28. The zero-order valence-corrected chi connectivity index (χ0v) is 41.8. The lowest BCUT2D eigenvalue weighted by Gasteiger charge is -2.18. The first-order chi connectivity index (χ1) is 31.0. The first-order valence-electron chi connectivity index (χ1n) is 27.1. The molecule has 0 bridgehead atoms. The van der Waals surface area contributed by atoms with Crippen LogP contribution in [0.1, 0.15) is 278 Å². The molecular formula is C57H102O6. The molecule has 1 unspecified atom stereocenters. The molecule has 6 nitrogen and oxygen atoms in total. The van der Waals surface area contributed by atoms with Crippen LogP contribution in [0.5, 0.6) is 0 Å². The first kappa shape index (κ1) is 60.4. The molecule has 0 saturated heterocycles. The lowest BCUT2D eigenvalue weighted by molar-refractivity contribution is -0.167. The number of ether oxygens (including phenoxy) is 3. The van der Waals surface area contributed by atoms with Gasteiger partial charge in [-0.15, -0.1) is 0 Å². The second kappa shape index (κ2) is 52.0. The zero-order chi connectivity index (χ0) is 45.8. The number of unbranched alkanes of at least 4 members (excludes halogenated alkanes) is 30. The van der Waals surface area contributed by atoms with Crippen LogP contribution in [-0.2, 0) is 28.6 Å². The molecule has 0 radical (unpaired) electrons. The molecular weight excluding hydrogens is 781 g/mol. The number of carbonyl (C=O) groups is 3. The van der Waals surface area contributed by atoms with Crippen molar-refractivity contribution in [1.82, 2.24) is 0 Å². The highest BCUT2D eigenvalue weighted by molar-refractivity contribution is 5.71. The van der Waals surface area contributed by atoms with E-state index in [1.54, 1.807) is 0 Å². The molecule has 0 rings (SSSR count). The Labute approximate surface area is 390 Å². The fourth-order valence-corrected chi connectivity index (χ4v) is 7.68. The lowest BCUT2D eigenvalue weighted by atomic mass is 10.1. The van der Waals surface area contributed by atoms with E-state index >= 15 is 0 Å². The van der Waals surface area contributed by atoms with Crippen LogP contribution in [0.15, 0.2) is 48.6 Å². The Morgan fingerprint density at radius 2 is 0.571 bits per heavy atom. The summed E-state index contributed by atoms with van der Waals surface area (Å²) in [6.45, 7) is 6.58. The van der Waals surface area contributed by atoms with E-state index in [-0.39, 0.29) is 31.1 Å². The van der Waals surface area contributed by atoms with E-state index in [4.69, 9.17) is 14.2 Å². The van der Waals surface area contributed by atoms with Crippen LogP contribution in [0, 0.1) is 0 Å². The van der Waals surface area contributed by atoms with E-state index in [2.05, 4.69) is 69.4 Å². The van der Waals surface area contributed by atoms with Gasteiger partial charge in [0.15, 0.2) is 6.10 Å². The largest absolute Gasteiger partial charge is 0.462 e. The van der Waals surface area contributed by atoms with Crippen molar-refractivity contribution in [3.63, 3.8) is 0 Å². The van der Waals surface area contributed by atoms with E-state index in [1.807, 2.05) is 0 Å². The summed E-state index contributed by atoms with van der Waals surface area (Å²) in [6, 6.07) is 0. The molecule has 63 heavy (non-hydrogen) atoms. The molecule has 0 heterocycles. The van der Waals surface area contributed by atoms with Gasteiger partial charge < -0.3 is 14.2 Å². The summed E-state index contributed by atoms with van der Waals surface area (Å²) in [6.07, 6.45) is 62.5. The third-order valence-corrected chi connectivity index (χ3v) is 11.8. The lowest BCUT2D eigenvalue weighted by Crippen LogP contribution is -2.30. The maximum atomic E-state index is 12.8. The predicted molar refractivity (Wildman–Crippen MR) is 270 cm³/mol. The van der Waals surface area contributed by atoms with Gasteiger partial charge in [0.05, 0.1) is 0 Å². The van der Waals surface area contributed by atoms with E-state index in [9.17, 15) is 14.4 Å². The molecule has 0 aliphatic carbocycles. The second-order valence-corrected chi connectivity index (χ2v) is 18.1. The molecule has 0 spiro atoms. The van der Waals surface area contributed by atoms with Crippen molar-refractivity contribution in [3.05, 3.63) is 48.6 Å². The third kappa shape index (κ3) is 50.2. The SMILES string of the molecule is CCCCCC/C=C\C/C=C\CCCCCCCC(=O)OC(COC(=O)CCCCCCCCCC)COC(=O)CCCCCCCCCCC/C=C\C/C=C\CCCCCCC. The van der Waals surface area contributed by atoms with E-state index < -0.39 is 6.10 Å². The number of hydrogen-bond donors (Lipinski definition) is 0. The van der Waals surface area contributed by atoms with Gasteiger partial charge in [0.25, 0.3) is 0 Å². The van der Waals surface area contributed by atoms with Crippen LogP contribution in [0.4, 0.5) is 0 Å². The molecule has 366 valence electrons.